The number of benzene rings is 2. The van der Waals surface area contributed by atoms with Gasteiger partial charge in [0.1, 0.15) is 0 Å². The zero-order valence-corrected chi connectivity index (χ0v) is 17.4. The molecule has 2 amide bonds. The minimum atomic E-state index is -0.451. The minimum absolute atomic E-state index is 0.00465. The van der Waals surface area contributed by atoms with Gasteiger partial charge in [-0.05, 0) is 78.8 Å². The average molecular weight is 402 g/mol. The van der Waals surface area contributed by atoms with Crippen LogP contribution < -0.4 is 5.73 Å². The molecule has 1 heterocycles. The van der Waals surface area contributed by atoms with Gasteiger partial charge in [0.2, 0.25) is 5.91 Å². The fraction of sp³-hybridized carbons (Fsp3) is 0.400. The number of carbonyl (C=O) groups is 2. The first-order valence-electron chi connectivity index (χ1n) is 10.8. The van der Waals surface area contributed by atoms with Crippen molar-refractivity contribution in [3.8, 4) is 6.07 Å². The molecule has 1 saturated carbocycles. The summed E-state index contributed by atoms with van der Waals surface area (Å²) in [6, 6.07) is 13.7. The van der Waals surface area contributed by atoms with E-state index in [1.165, 1.54) is 5.56 Å². The van der Waals surface area contributed by atoms with Crippen molar-refractivity contribution in [2.45, 2.75) is 50.9 Å². The van der Waals surface area contributed by atoms with Crippen molar-refractivity contribution in [2.75, 3.05) is 13.1 Å². The number of primary amides is 1. The number of aryl methyl sites for hydroxylation is 1. The fourth-order valence-electron chi connectivity index (χ4n) is 4.52. The Bertz CT molecular complexity index is 1010. The molecule has 5 heteroatoms. The van der Waals surface area contributed by atoms with Gasteiger partial charge in [-0.15, -0.1) is 0 Å². The summed E-state index contributed by atoms with van der Waals surface area (Å²) in [6.45, 7) is 3.41. The van der Waals surface area contributed by atoms with Gasteiger partial charge >= 0.3 is 0 Å². The SMILES string of the molecule is CCc1cc(C2CC2)c(C(N)=O)cc1C(=O)N1CCC(c2ccc(C#N)cc2)CC1. The summed E-state index contributed by atoms with van der Waals surface area (Å²) in [5, 5.41) is 8.97. The number of hydrogen-bond donors (Lipinski definition) is 1. The summed E-state index contributed by atoms with van der Waals surface area (Å²) in [4.78, 5) is 27.2. The lowest BCUT2D eigenvalue weighted by Gasteiger charge is -2.33. The molecule has 0 radical (unpaired) electrons. The lowest BCUT2D eigenvalue weighted by molar-refractivity contribution is 0.0712. The normalized spacial score (nSPS) is 16.9. The molecular weight excluding hydrogens is 374 g/mol. The Kier molecular flexibility index (Phi) is 5.59. The van der Waals surface area contributed by atoms with E-state index in [0.29, 0.717) is 41.6 Å². The van der Waals surface area contributed by atoms with E-state index in [4.69, 9.17) is 11.0 Å². The maximum absolute atomic E-state index is 13.3. The molecule has 2 N–H and O–H groups in total. The Morgan fingerprint density at radius 2 is 1.70 bits per heavy atom. The second kappa shape index (κ2) is 8.31. The van der Waals surface area contributed by atoms with Gasteiger partial charge in [-0.2, -0.15) is 5.26 Å². The Morgan fingerprint density at radius 3 is 2.23 bits per heavy atom. The summed E-state index contributed by atoms with van der Waals surface area (Å²) < 4.78 is 0. The molecule has 2 aliphatic rings. The van der Waals surface area contributed by atoms with Gasteiger partial charge in [0.25, 0.3) is 5.91 Å². The molecule has 154 valence electrons. The Hall–Kier alpha value is -3.13. The van der Waals surface area contributed by atoms with Gasteiger partial charge in [0, 0.05) is 24.2 Å². The molecule has 1 aliphatic heterocycles. The van der Waals surface area contributed by atoms with Gasteiger partial charge in [-0.3, -0.25) is 9.59 Å². The van der Waals surface area contributed by atoms with Crippen LogP contribution >= 0.6 is 0 Å². The van der Waals surface area contributed by atoms with Crippen LogP contribution in [0, 0.1) is 11.3 Å². The first-order valence-corrected chi connectivity index (χ1v) is 10.8. The lowest BCUT2D eigenvalue weighted by atomic mass is 9.88. The fourth-order valence-corrected chi connectivity index (χ4v) is 4.52. The van der Waals surface area contributed by atoms with E-state index in [0.717, 1.165) is 43.2 Å². The van der Waals surface area contributed by atoms with E-state index in [2.05, 4.69) is 6.07 Å². The van der Waals surface area contributed by atoms with Crippen LogP contribution in [-0.2, 0) is 6.42 Å². The molecule has 30 heavy (non-hydrogen) atoms. The highest BCUT2D eigenvalue weighted by Gasteiger charge is 2.31. The van der Waals surface area contributed by atoms with Crippen LogP contribution in [0.1, 0.15) is 87.4 Å². The summed E-state index contributed by atoms with van der Waals surface area (Å²) in [5.74, 6) is 0.346. The van der Waals surface area contributed by atoms with Crippen LogP contribution in [0.3, 0.4) is 0 Å². The predicted molar refractivity (Wildman–Crippen MR) is 115 cm³/mol. The third kappa shape index (κ3) is 3.95. The average Bonchev–Trinajstić information content (AvgIpc) is 3.63. The Balaban J connectivity index is 1.51. The highest BCUT2D eigenvalue weighted by molar-refractivity contribution is 6.01. The van der Waals surface area contributed by atoms with Crippen molar-refractivity contribution in [3.63, 3.8) is 0 Å². The second-order valence-electron chi connectivity index (χ2n) is 8.39. The third-order valence-corrected chi connectivity index (χ3v) is 6.46. The molecule has 0 spiro atoms. The molecule has 0 atom stereocenters. The number of carbonyl (C=O) groups excluding carboxylic acids is 2. The number of nitrogens with two attached hydrogens (primary N) is 1. The van der Waals surface area contributed by atoms with Gasteiger partial charge in [-0.1, -0.05) is 25.1 Å². The standard InChI is InChI=1S/C25H27N3O2/c1-2-17-13-21(20-7-8-20)23(24(27)29)14-22(17)25(30)28-11-9-19(10-12-28)18-5-3-16(15-26)4-6-18/h3-6,13-14,19-20H,2,7-12H2,1H3,(H2,27,29). The van der Waals surface area contributed by atoms with E-state index < -0.39 is 5.91 Å². The molecule has 5 nitrogen and oxygen atoms in total. The van der Waals surface area contributed by atoms with Crippen molar-refractivity contribution < 1.29 is 9.59 Å². The predicted octanol–water partition coefficient (Wildman–Crippen LogP) is 4.12. The molecule has 0 aromatic heterocycles. The molecule has 2 aromatic rings. The zero-order valence-electron chi connectivity index (χ0n) is 17.4. The number of nitrogens with zero attached hydrogens (tertiary/aromatic N) is 2. The van der Waals surface area contributed by atoms with Crippen molar-refractivity contribution in [3.05, 3.63) is 69.8 Å². The molecular formula is C25H27N3O2. The van der Waals surface area contributed by atoms with Crippen molar-refractivity contribution in [1.82, 2.24) is 4.90 Å². The van der Waals surface area contributed by atoms with E-state index in [-0.39, 0.29) is 5.91 Å². The van der Waals surface area contributed by atoms with Gasteiger partial charge in [-0.25, -0.2) is 0 Å². The zero-order chi connectivity index (χ0) is 21.3. The van der Waals surface area contributed by atoms with Crippen LogP contribution in [0.5, 0.6) is 0 Å². The maximum Gasteiger partial charge on any atom is 0.254 e. The number of hydrogen-bond acceptors (Lipinski definition) is 3. The summed E-state index contributed by atoms with van der Waals surface area (Å²) in [6.07, 6.45) is 4.70. The maximum atomic E-state index is 13.3. The minimum Gasteiger partial charge on any atom is -0.366 e. The molecule has 2 aromatic carbocycles. The summed E-state index contributed by atoms with van der Waals surface area (Å²) in [5.41, 5.74) is 10.7. The van der Waals surface area contributed by atoms with Crippen LogP contribution in [0.4, 0.5) is 0 Å². The van der Waals surface area contributed by atoms with Crippen molar-refractivity contribution >= 4 is 11.8 Å². The van der Waals surface area contributed by atoms with E-state index in [9.17, 15) is 9.59 Å². The number of amides is 2. The highest BCUT2D eigenvalue weighted by atomic mass is 16.2. The van der Waals surface area contributed by atoms with Gasteiger partial charge in [0.15, 0.2) is 0 Å². The van der Waals surface area contributed by atoms with E-state index >= 15 is 0 Å². The summed E-state index contributed by atoms with van der Waals surface area (Å²) in [7, 11) is 0. The number of rotatable bonds is 5. The van der Waals surface area contributed by atoms with Gasteiger partial charge in [0.05, 0.1) is 11.6 Å². The second-order valence-corrected chi connectivity index (χ2v) is 8.39. The largest absolute Gasteiger partial charge is 0.366 e. The molecule has 4 rings (SSSR count). The number of likely N-dealkylation sites (tertiary alicyclic amines) is 1. The smallest absolute Gasteiger partial charge is 0.254 e. The topological polar surface area (TPSA) is 87.2 Å². The Labute approximate surface area is 177 Å². The van der Waals surface area contributed by atoms with Crippen molar-refractivity contribution in [1.29, 1.82) is 5.26 Å². The van der Waals surface area contributed by atoms with Crippen LogP contribution in [0.25, 0.3) is 0 Å². The Morgan fingerprint density at radius 1 is 1.03 bits per heavy atom. The first-order chi connectivity index (χ1) is 14.5. The van der Waals surface area contributed by atoms with E-state index in [1.807, 2.05) is 42.2 Å². The quantitative estimate of drug-likeness (QED) is 0.818. The summed E-state index contributed by atoms with van der Waals surface area (Å²) >= 11 is 0. The molecule has 1 aliphatic carbocycles. The molecule has 2 fully saturated rings. The lowest BCUT2D eigenvalue weighted by Crippen LogP contribution is -2.38. The van der Waals surface area contributed by atoms with Crippen molar-refractivity contribution in [2.24, 2.45) is 5.73 Å². The van der Waals surface area contributed by atoms with E-state index in [1.54, 1.807) is 6.07 Å². The molecule has 0 unspecified atom stereocenters. The van der Waals surface area contributed by atoms with Crippen LogP contribution in [0.15, 0.2) is 36.4 Å². The molecule has 0 bridgehead atoms. The molecule has 1 saturated heterocycles. The third-order valence-electron chi connectivity index (χ3n) is 6.46. The number of nitriles is 1. The highest BCUT2D eigenvalue weighted by Crippen LogP contribution is 2.42. The van der Waals surface area contributed by atoms with Gasteiger partial charge < -0.3 is 10.6 Å². The number of piperidine rings is 1. The monoisotopic (exact) mass is 401 g/mol. The van der Waals surface area contributed by atoms with Crippen LogP contribution in [-0.4, -0.2) is 29.8 Å². The first kappa shape index (κ1) is 20.2. The van der Waals surface area contributed by atoms with Crippen LogP contribution in [0.2, 0.25) is 0 Å².